The molecule has 1 nitrogen and oxygen atoms in total. The first kappa shape index (κ1) is 10.7. The van der Waals surface area contributed by atoms with Crippen LogP contribution in [0.2, 0.25) is 0 Å². The maximum absolute atomic E-state index is 9.94. The smallest absolute Gasteiger partial charge is 0.202 e. The van der Waals surface area contributed by atoms with E-state index in [0.29, 0.717) is 6.42 Å². The zero-order chi connectivity index (χ0) is 9.68. The number of rotatable bonds is 3. The lowest BCUT2D eigenvalue weighted by molar-refractivity contribution is 0.556. The van der Waals surface area contributed by atoms with Crippen LogP contribution in [-0.4, -0.2) is 6.29 Å². The quantitative estimate of drug-likeness (QED) is 0.831. The number of halogens is 2. The van der Waals surface area contributed by atoms with E-state index in [1.807, 2.05) is 30.6 Å². The Hall–Kier alpha value is -0.410. The Labute approximate surface area is 94.1 Å². The summed E-state index contributed by atoms with van der Waals surface area (Å²) in [6.07, 6.45) is 5.81. The van der Waals surface area contributed by atoms with Crippen LogP contribution in [0.15, 0.2) is 33.2 Å². The molecule has 0 fully saturated rings. The topological polar surface area (TPSA) is 17.1 Å². The summed E-state index contributed by atoms with van der Waals surface area (Å²) < 4.78 is 2.03. The molecular formula is C10H7Br2O. The Kier molecular flexibility index (Phi) is 4.39. The van der Waals surface area contributed by atoms with Crippen LogP contribution in [0.4, 0.5) is 0 Å². The van der Waals surface area contributed by atoms with Crippen molar-refractivity contribution in [3.63, 3.8) is 0 Å². The fourth-order valence-electron chi connectivity index (χ4n) is 0.871. The van der Waals surface area contributed by atoms with Gasteiger partial charge in [-0.05, 0) is 17.7 Å². The van der Waals surface area contributed by atoms with Gasteiger partial charge >= 0.3 is 0 Å². The summed E-state index contributed by atoms with van der Waals surface area (Å²) in [7, 11) is 0. The van der Waals surface area contributed by atoms with Gasteiger partial charge in [-0.3, -0.25) is 4.79 Å². The molecule has 0 aliphatic heterocycles. The van der Waals surface area contributed by atoms with Crippen molar-refractivity contribution < 1.29 is 4.79 Å². The SMILES string of the molecule is O=[C]C/C=C/c1ccc(Br)cc1Br. The van der Waals surface area contributed by atoms with Gasteiger partial charge in [-0.2, -0.15) is 0 Å². The Bertz CT molecular complexity index is 332. The molecule has 0 N–H and O–H groups in total. The van der Waals surface area contributed by atoms with Crippen molar-refractivity contribution in [2.75, 3.05) is 0 Å². The van der Waals surface area contributed by atoms with Gasteiger partial charge in [-0.25, -0.2) is 0 Å². The van der Waals surface area contributed by atoms with E-state index in [4.69, 9.17) is 0 Å². The van der Waals surface area contributed by atoms with Crippen molar-refractivity contribution in [2.24, 2.45) is 0 Å². The number of hydrogen-bond acceptors (Lipinski definition) is 1. The van der Waals surface area contributed by atoms with E-state index >= 15 is 0 Å². The van der Waals surface area contributed by atoms with Gasteiger partial charge in [0.15, 0.2) is 0 Å². The summed E-state index contributed by atoms with van der Waals surface area (Å²) in [5.41, 5.74) is 1.05. The van der Waals surface area contributed by atoms with Gasteiger partial charge in [0.1, 0.15) is 0 Å². The first-order chi connectivity index (χ1) is 6.24. The van der Waals surface area contributed by atoms with E-state index < -0.39 is 0 Å². The first-order valence-electron chi connectivity index (χ1n) is 3.70. The lowest BCUT2D eigenvalue weighted by atomic mass is 10.2. The molecule has 0 unspecified atom stereocenters. The molecule has 0 bridgehead atoms. The maximum Gasteiger partial charge on any atom is 0.202 e. The fraction of sp³-hybridized carbons (Fsp3) is 0.100. The third-order valence-corrected chi connectivity index (χ3v) is 2.64. The highest BCUT2D eigenvalue weighted by atomic mass is 79.9. The Balaban J connectivity index is 2.83. The molecule has 1 aromatic carbocycles. The average Bonchev–Trinajstić information content (AvgIpc) is 2.09. The molecule has 1 rings (SSSR count). The Morgan fingerprint density at radius 3 is 2.77 bits per heavy atom. The Morgan fingerprint density at radius 2 is 2.15 bits per heavy atom. The summed E-state index contributed by atoms with van der Waals surface area (Å²) in [5, 5.41) is 0. The fourth-order valence-corrected chi connectivity index (χ4v) is 2.05. The monoisotopic (exact) mass is 301 g/mol. The molecule has 0 spiro atoms. The van der Waals surface area contributed by atoms with Crippen molar-refractivity contribution in [3.8, 4) is 0 Å². The van der Waals surface area contributed by atoms with Crippen molar-refractivity contribution in [2.45, 2.75) is 6.42 Å². The van der Waals surface area contributed by atoms with E-state index in [0.717, 1.165) is 14.5 Å². The van der Waals surface area contributed by atoms with E-state index in [9.17, 15) is 4.79 Å². The summed E-state index contributed by atoms with van der Waals surface area (Å²) in [6, 6.07) is 5.88. The van der Waals surface area contributed by atoms with Gasteiger partial charge in [0, 0.05) is 15.4 Å². The molecule has 0 aromatic heterocycles. The third kappa shape index (κ3) is 3.44. The standard InChI is InChI=1S/C10H7Br2O/c11-9-5-4-8(10(12)7-9)3-1-2-6-13/h1,3-5,7H,2H2/b3-1+. The second-order valence-electron chi connectivity index (χ2n) is 2.42. The third-order valence-electron chi connectivity index (χ3n) is 1.46. The molecule has 0 aliphatic carbocycles. The number of allylic oxidation sites excluding steroid dienone is 1. The van der Waals surface area contributed by atoms with Gasteiger partial charge in [0.05, 0.1) is 0 Å². The van der Waals surface area contributed by atoms with E-state index in [1.54, 1.807) is 6.08 Å². The molecule has 0 saturated heterocycles. The van der Waals surface area contributed by atoms with Crippen LogP contribution < -0.4 is 0 Å². The van der Waals surface area contributed by atoms with E-state index in [1.165, 1.54) is 0 Å². The maximum atomic E-state index is 9.94. The number of benzene rings is 1. The van der Waals surface area contributed by atoms with Crippen LogP contribution in [-0.2, 0) is 4.79 Å². The summed E-state index contributed by atoms with van der Waals surface area (Å²) in [4.78, 5) is 9.94. The van der Waals surface area contributed by atoms with Crippen molar-refractivity contribution in [1.82, 2.24) is 0 Å². The minimum absolute atomic E-state index is 0.336. The molecule has 0 saturated carbocycles. The molecule has 13 heavy (non-hydrogen) atoms. The van der Waals surface area contributed by atoms with Crippen molar-refractivity contribution >= 4 is 44.2 Å². The summed E-state index contributed by atoms with van der Waals surface area (Å²) in [6.45, 7) is 0. The van der Waals surface area contributed by atoms with Gasteiger partial charge in [0.25, 0.3) is 0 Å². The van der Waals surface area contributed by atoms with Gasteiger partial charge < -0.3 is 0 Å². The average molecular weight is 303 g/mol. The molecule has 1 radical (unpaired) electrons. The van der Waals surface area contributed by atoms with Crippen LogP contribution in [0.3, 0.4) is 0 Å². The largest absolute Gasteiger partial charge is 0.291 e. The second-order valence-corrected chi connectivity index (χ2v) is 4.19. The molecule has 1 aromatic rings. The first-order valence-corrected chi connectivity index (χ1v) is 5.29. The lowest BCUT2D eigenvalue weighted by Gasteiger charge is -1.98. The molecule has 0 atom stereocenters. The lowest BCUT2D eigenvalue weighted by Crippen LogP contribution is -1.75. The highest BCUT2D eigenvalue weighted by Crippen LogP contribution is 2.22. The van der Waals surface area contributed by atoms with Crippen LogP contribution in [0.1, 0.15) is 12.0 Å². The number of hydrogen-bond donors (Lipinski definition) is 0. The zero-order valence-electron chi connectivity index (χ0n) is 6.76. The van der Waals surface area contributed by atoms with Crippen LogP contribution >= 0.6 is 31.9 Å². The molecule has 3 heteroatoms. The molecule has 0 heterocycles. The zero-order valence-corrected chi connectivity index (χ0v) is 9.93. The van der Waals surface area contributed by atoms with Gasteiger partial charge in [-0.1, -0.05) is 50.1 Å². The van der Waals surface area contributed by atoms with Crippen molar-refractivity contribution in [3.05, 3.63) is 38.8 Å². The van der Waals surface area contributed by atoms with Crippen LogP contribution in [0.5, 0.6) is 0 Å². The van der Waals surface area contributed by atoms with Gasteiger partial charge in [0.2, 0.25) is 6.29 Å². The molecule has 0 amide bonds. The summed E-state index contributed by atoms with van der Waals surface area (Å²) >= 11 is 6.78. The van der Waals surface area contributed by atoms with E-state index in [2.05, 4.69) is 31.9 Å². The molecule has 0 aliphatic rings. The second kappa shape index (κ2) is 5.35. The van der Waals surface area contributed by atoms with Gasteiger partial charge in [-0.15, -0.1) is 0 Å². The number of carbonyl (C=O) groups excluding carboxylic acids is 1. The minimum atomic E-state index is 0.336. The van der Waals surface area contributed by atoms with E-state index in [-0.39, 0.29) is 0 Å². The summed E-state index contributed by atoms with van der Waals surface area (Å²) in [5.74, 6) is 0. The van der Waals surface area contributed by atoms with Crippen LogP contribution in [0.25, 0.3) is 6.08 Å². The minimum Gasteiger partial charge on any atom is -0.291 e. The molecule has 67 valence electrons. The van der Waals surface area contributed by atoms with Crippen LogP contribution in [0, 0.1) is 0 Å². The predicted octanol–water partition coefficient (Wildman–Crippen LogP) is 3.72. The predicted molar refractivity (Wildman–Crippen MR) is 61.2 cm³/mol. The normalized spacial score (nSPS) is 10.6. The highest BCUT2D eigenvalue weighted by Gasteiger charge is 1.95. The Morgan fingerprint density at radius 1 is 1.38 bits per heavy atom. The molecular weight excluding hydrogens is 296 g/mol. The van der Waals surface area contributed by atoms with Crippen molar-refractivity contribution in [1.29, 1.82) is 0 Å². The highest BCUT2D eigenvalue weighted by molar-refractivity contribution is 9.11.